The fraction of sp³-hybridized carbons (Fsp3) is 0. The Morgan fingerprint density at radius 2 is 0.889 bits per heavy atom. The van der Waals surface area contributed by atoms with Crippen LogP contribution in [0.4, 0.5) is 0 Å². The lowest BCUT2D eigenvalue weighted by atomic mass is 9.95. The molecule has 0 spiro atoms. The summed E-state index contributed by atoms with van der Waals surface area (Å²) >= 11 is 0. The van der Waals surface area contributed by atoms with Crippen LogP contribution in [-0.4, -0.2) is 14.1 Å². The Bertz CT molecular complexity index is 4200. The molecule has 0 unspecified atom stereocenters. The Balaban J connectivity index is 1.03. The molecule has 0 radical (unpaired) electrons. The Morgan fingerprint density at radius 3 is 1.62 bits per heavy atom. The van der Waals surface area contributed by atoms with Gasteiger partial charge in [0.2, 0.25) is 0 Å². The molecule has 0 amide bonds. The second kappa shape index (κ2) is 13.0. The van der Waals surface area contributed by atoms with Crippen molar-refractivity contribution in [1.29, 1.82) is 0 Å². The van der Waals surface area contributed by atoms with Gasteiger partial charge in [-0.2, -0.15) is 0 Å². The van der Waals surface area contributed by atoms with Crippen LogP contribution in [0.3, 0.4) is 0 Å². The van der Waals surface area contributed by atoms with Crippen LogP contribution in [0.25, 0.3) is 132 Å². The molecule has 0 aliphatic heterocycles. The summed E-state index contributed by atoms with van der Waals surface area (Å²) < 4.78 is 11.8. The van der Waals surface area contributed by atoms with Crippen molar-refractivity contribution in [1.82, 2.24) is 14.1 Å². The van der Waals surface area contributed by atoms with E-state index in [9.17, 15) is 0 Å². The fourth-order valence-corrected chi connectivity index (χ4v) is 10.5. The smallest absolute Gasteiger partial charge is 0.160 e. The molecule has 0 saturated carbocycles. The van der Waals surface area contributed by atoms with Crippen molar-refractivity contribution < 1.29 is 4.42 Å². The molecule has 0 atom stereocenters. The average molecular weight is 802 g/mol. The SMILES string of the molecule is c1ccc(-c2nc3ccccc3c3c2cc(-n2c4ccccc4c4cc(-c5ccc6c(c5)c5ccccc5n6-c5cccc6ccccc56)ccc42)c2oc4ccccc4c23)cc1. The summed E-state index contributed by atoms with van der Waals surface area (Å²) in [5.74, 6) is 0. The third-order valence-electron chi connectivity index (χ3n) is 13.3. The third kappa shape index (κ3) is 4.89. The quantitative estimate of drug-likeness (QED) is 0.166. The topological polar surface area (TPSA) is 35.9 Å². The first kappa shape index (κ1) is 34.3. The van der Waals surface area contributed by atoms with Crippen LogP contribution in [0, 0.1) is 0 Å². The molecule has 4 heterocycles. The van der Waals surface area contributed by atoms with Crippen LogP contribution in [0.15, 0.2) is 217 Å². The van der Waals surface area contributed by atoms with Gasteiger partial charge >= 0.3 is 0 Å². The number of rotatable bonds is 4. The van der Waals surface area contributed by atoms with E-state index in [0.29, 0.717) is 0 Å². The van der Waals surface area contributed by atoms with Crippen molar-refractivity contribution in [2.45, 2.75) is 0 Å². The predicted octanol–water partition coefficient (Wildman–Crippen LogP) is 16.0. The van der Waals surface area contributed by atoms with E-state index in [-0.39, 0.29) is 0 Å². The van der Waals surface area contributed by atoms with Gasteiger partial charge < -0.3 is 13.6 Å². The number of hydrogen-bond donors (Lipinski definition) is 0. The number of aromatic nitrogens is 3. The molecule has 0 N–H and O–H groups in total. The minimum Gasteiger partial charge on any atom is -0.454 e. The number of nitrogens with zero attached hydrogens (tertiary/aromatic N) is 3. The van der Waals surface area contributed by atoms with Gasteiger partial charge in [0.25, 0.3) is 0 Å². The molecule has 0 fully saturated rings. The van der Waals surface area contributed by atoms with Gasteiger partial charge in [-0.25, -0.2) is 4.98 Å². The molecular formula is C59H35N3O. The molecule has 0 aliphatic rings. The Kier molecular flexibility index (Phi) is 7.08. The zero-order valence-electron chi connectivity index (χ0n) is 34.0. The molecule has 14 aromatic rings. The zero-order chi connectivity index (χ0) is 41.2. The highest BCUT2D eigenvalue weighted by molar-refractivity contribution is 6.30. The molecule has 0 aliphatic carbocycles. The summed E-state index contributed by atoms with van der Waals surface area (Å²) in [5.41, 5.74) is 13.9. The lowest BCUT2D eigenvalue weighted by Gasteiger charge is -2.15. The Hall–Kier alpha value is -8.47. The second-order valence-corrected chi connectivity index (χ2v) is 16.6. The van der Waals surface area contributed by atoms with E-state index >= 15 is 0 Å². The predicted molar refractivity (Wildman–Crippen MR) is 264 cm³/mol. The van der Waals surface area contributed by atoms with E-state index in [1.807, 2.05) is 0 Å². The van der Waals surface area contributed by atoms with Crippen molar-refractivity contribution in [3.63, 3.8) is 0 Å². The van der Waals surface area contributed by atoms with Gasteiger partial charge in [-0.15, -0.1) is 0 Å². The monoisotopic (exact) mass is 801 g/mol. The maximum absolute atomic E-state index is 6.99. The maximum atomic E-state index is 6.99. The number of para-hydroxylation sites is 4. The minimum atomic E-state index is 0.860. The maximum Gasteiger partial charge on any atom is 0.160 e. The molecule has 4 heteroatoms. The van der Waals surface area contributed by atoms with Crippen LogP contribution in [0.2, 0.25) is 0 Å². The zero-order valence-corrected chi connectivity index (χ0v) is 34.0. The summed E-state index contributed by atoms with van der Waals surface area (Å²) in [6.45, 7) is 0. The van der Waals surface area contributed by atoms with Gasteiger partial charge in [0.05, 0.1) is 44.7 Å². The minimum absolute atomic E-state index is 0.860. The van der Waals surface area contributed by atoms with Crippen LogP contribution in [0.1, 0.15) is 0 Å². The van der Waals surface area contributed by atoms with Gasteiger partial charge in [-0.05, 0) is 77.2 Å². The van der Waals surface area contributed by atoms with Crippen LogP contribution in [-0.2, 0) is 0 Å². The van der Waals surface area contributed by atoms with Crippen LogP contribution >= 0.6 is 0 Å². The van der Waals surface area contributed by atoms with Gasteiger partial charge in [-0.3, -0.25) is 0 Å². The van der Waals surface area contributed by atoms with Crippen molar-refractivity contribution in [3.05, 3.63) is 212 Å². The summed E-state index contributed by atoms with van der Waals surface area (Å²) in [6.07, 6.45) is 0. The van der Waals surface area contributed by atoms with Crippen LogP contribution < -0.4 is 0 Å². The van der Waals surface area contributed by atoms with Crippen molar-refractivity contribution in [3.8, 4) is 33.8 Å². The van der Waals surface area contributed by atoms with E-state index in [0.717, 1.165) is 71.6 Å². The van der Waals surface area contributed by atoms with Gasteiger partial charge in [0.15, 0.2) is 5.58 Å². The van der Waals surface area contributed by atoms with Crippen molar-refractivity contribution in [2.24, 2.45) is 0 Å². The highest BCUT2D eigenvalue weighted by Gasteiger charge is 2.24. The first-order valence-electron chi connectivity index (χ1n) is 21.5. The summed E-state index contributed by atoms with van der Waals surface area (Å²) in [7, 11) is 0. The van der Waals surface area contributed by atoms with E-state index in [1.54, 1.807) is 0 Å². The molecule has 4 nitrogen and oxygen atoms in total. The lowest BCUT2D eigenvalue weighted by Crippen LogP contribution is -1.97. The fourth-order valence-electron chi connectivity index (χ4n) is 10.5. The number of pyridine rings is 1. The number of benzene rings is 10. The average Bonchev–Trinajstić information content (AvgIpc) is 4.01. The molecule has 63 heavy (non-hydrogen) atoms. The summed E-state index contributed by atoms with van der Waals surface area (Å²) in [5, 5.41) is 12.9. The number of furan rings is 1. The molecule has 0 saturated heterocycles. The van der Waals surface area contributed by atoms with Crippen LogP contribution in [0.5, 0.6) is 0 Å². The highest BCUT2D eigenvalue weighted by Crippen LogP contribution is 2.46. The molecule has 4 aromatic heterocycles. The number of hydrogen-bond acceptors (Lipinski definition) is 2. The van der Waals surface area contributed by atoms with E-state index in [1.165, 1.54) is 60.2 Å². The third-order valence-corrected chi connectivity index (χ3v) is 13.3. The summed E-state index contributed by atoms with van der Waals surface area (Å²) in [4.78, 5) is 5.37. The van der Waals surface area contributed by atoms with Gasteiger partial charge in [0, 0.05) is 59.4 Å². The molecule has 10 aromatic carbocycles. The van der Waals surface area contributed by atoms with Crippen molar-refractivity contribution >= 4 is 98.0 Å². The number of fused-ring (bicyclic) bond motifs is 14. The van der Waals surface area contributed by atoms with E-state index in [4.69, 9.17) is 9.40 Å². The highest BCUT2D eigenvalue weighted by atomic mass is 16.3. The van der Waals surface area contributed by atoms with E-state index < -0.39 is 0 Å². The first-order chi connectivity index (χ1) is 31.3. The largest absolute Gasteiger partial charge is 0.454 e. The second-order valence-electron chi connectivity index (χ2n) is 16.6. The Labute approximate surface area is 361 Å². The molecular weight excluding hydrogens is 767 g/mol. The van der Waals surface area contributed by atoms with Crippen molar-refractivity contribution in [2.75, 3.05) is 0 Å². The Morgan fingerprint density at radius 1 is 0.333 bits per heavy atom. The molecule has 292 valence electrons. The molecule has 14 rings (SSSR count). The van der Waals surface area contributed by atoms with E-state index in [2.05, 4.69) is 221 Å². The first-order valence-corrected chi connectivity index (χ1v) is 21.5. The lowest BCUT2D eigenvalue weighted by molar-refractivity contribution is 0.666. The van der Waals surface area contributed by atoms with Gasteiger partial charge in [0.1, 0.15) is 5.58 Å². The molecule has 0 bridgehead atoms. The normalized spacial score (nSPS) is 12.1. The standard InChI is InChI=1S/C59H35N3O/c1-2-16-37(17-3-1)58-47-35-54(59-57(44-23-9-13-28-55(44)63-59)56(47)43-22-6-10-24-48(43)60-58)62-51-26-12-8-21-42(51)46-34-39(30-32-53(46)62)38-29-31-52-45(33-38)41-20-7-11-25-50(41)61(52)49-27-14-18-36-15-4-5-19-40(36)49/h1-35H. The summed E-state index contributed by atoms with van der Waals surface area (Å²) in [6, 6.07) is 76.6. The van der Waals surface area contributed by atoms with Gasteiger partial charge in [-0.1, -0.05) is 152 Å².